The van der Waals surface area contributed by atoms with E-state index in [1.807, 2.05) is 36.4 Å². The maximum absolute atomic E-state index is 5.09. The van der Waals surface area contributed by atoms with Crippen LogP contribution in [-0.2, 0) is 0 Å². The van der Waals surface area contributed by atoms with Gasteiger partial charge in [0.1, 0.15) is 0 Å². The summed E-state index contributed by atoms with van der Waals surface area (Å²) in [4.78, 5) is 15.1. The van der Waals surface area contributed by atoms with Crippen LogP contribution in [0.1, 0.15) is 0 Å². The highest BCUT2D eigenvalue weighted by Crippen LogP contribution is 2.40. The summed E-state index contributed by atoms with van der Waals surface area (Å²) in [6.07, 6.45) is 0. The molecule has 0 aliphatic rings. The molecule has 0 amide bonds. The Morgan fingerprint density at radius 1 is 0.321 bits per heavy atom. The number of nitrogens with zero attached hydrogens (tertiary/aromatic N) is 4. The molecule has 10 aromatic rings. The highest BCUT2D eigenvalue weighted by atomic mass is 15.0. The van der Waals surface area contributed by atoms with E-state index in [1.165, 1.54) is 38.1 Å². The maximum Gasteiger partial charge on any atom is 0.164 e. The molecule has 2 heterocycles. The average molecular weight is 677 g/mol. The van der Waals surface area contributed by atoms with Gasteiger partial charge in [-0.25, -0.2) is 15.0 Å². The summed E-state index contributed by atoms with van der Waals surface area (Å²) in [7, 11) is 0. The number of hydrogen-bond donors (Lipinski definition) is 0. The van der Waals surface area contributed by atoms with E-state index in [2.05, 4.69) is 162 Å². The van der Waals surface area contributed by atoms with Gasteiger partial charge in [0.15, 0.2) is 17.5 Å². The van der Waals surface area contributed by atoms with Crippen molar-refractivity contribution in [2.45, 2.75) is 0 Å². The number of benzene rings is 8. The molecule has 0 saturated carbocycles. The van der Waals surface area contributed by atoms with E-state index in [0.29, 0.717) is 17.5 Å². The van der Waals surface area contributed by atoms with E-state index in [-0.39, 0.29) is 0 Å². The second-order valence-corrected chi connectivity index (χ2v) is 13.2. The van der Waals surface area contributed by atoms with Crippen LogP contribution in [-0.4, -0.2) is 19.5 Å². The first-order chi connectivity index (χ1) is 26.3. The molecule has 0 spiro atoms. The van der Waals surface area contributed by atoms with Crippen LogP contribution in [0.3, 0.4) is 0 Å². The molecule has 0 radical (unpaired) electrons. The van der Waals surface area contributed by atoms with Gasteiger partial charge >= 0.3 is 0 Å². The first-order valence-corrected chi connectivity index (χ1v) is 17.9. The van der Waals surface area contributed by atoms with Gasteiger partial charge in [-0.05, 0) is 51.7 Å². The van der Waals surface area contributed by atoms with Crippen molar-refractivity contribution in [3.8, 4) is 62.1 Å². The fraction of sp³-hybridized carbons (Fsp3) is 0. The predicted octanol–water partition coefficient (Wildman–Crippen LogP) is 12.5. The molecule has 0 N–H and O–H groups in total. The lowest BCUT2D eigenvalue weighted by Crippen LogP contribution is -2.00. The van der Waals surface area contributed by atoms with Crippen LogP contribution in [0, 0.1) is 0 Å². The molecule has 248 valence electrons. The lowest BCUT2D eigenvalue weighted by Gasteiger charge is -2.15. The van der Waals surface area contributed by atoms with E-state index in [1.54, 1.807) is 0 Å². The Balaban J connectivity index is 1.12. The number of aromatic nitrogens is 4. The largest absolute Gasteiger partial charge is 0.309 e. The zero-order valence-corrected chi connectivity index (χ0v) is 28.8. The standard InChI is InChI=1S/C49H32N4/c1-3-14-33(15-4-1)34-26-28-37(29-27-34)48-50-47(36-17-5-2-6-18-36)51-49(52-48)39-20-13-19-38(32-39)40-21-9-11-24-43(40)53-44-25-12-10-23-42(44)46-41-22-8-7-16-35(41)30-31-45(46)53/h1-32H. The summed E-state index contributed by atoms with van der Waals surface area (Å²) >= 11 is 0. The normalized spacial score (nSPS) is 11.4. The molecule has 4 heteroatoms. The molecule has 0 saturated heterocycles. The van der Waals surface area contributed by atoms with E-state index in [4.69, 9.17) is 15.0 Å². The molecule has 0 fully saturated rings. The van der Waals surface area contributed by atoms with Crippen LogP contribution >= 0.6 is 0 Å². The highest BCUT2D eigenvalue weighted by molar-refractivity contribution is 6.21. The maximum atomic E-state index is 5.09. The number of rotatable bonds is 6. The van der Waals surface area contributed by atoms with Crippen molar-refractivity contribution in [2.75, 3.05) is 0 Å². The van der Waals surface area contributed by atoms with Gasteiger partial charge in [-0.15, -0.1) is 0 Å². The molecule has 53 heavy (non-hydrogen) atoms. The van der Waals surface area contributed by atoms with Gasteiger partial charge in [0.05, 0.1) is 16.7 Å². The first-order valence-electron chi connectivity index (χ1n) is 17.9. The summed E-state index contributed by atoms with van der Waals surface area (Å²) in [5.74, 6) is 1.90. The predicted molar refractivity (Wildman–Crippen MR) is 219 cm³/mol. The fourth-order valence-electron chi connectivity index (χ4n) is 7.53. The topological polar surface area (TPSA) is 43.6 Å². The van der Waals surface area contributed by atoms with E-state index in [0.717, 1.165) is 39.1 Å². The zero-order valence-electron chi connectivity index (χ0n) is 28.8. The van der Waals surface area contributed by atoms with Crippen LogP contribution < -0.4 is 0 Å². The van der Waals surface area contributed by atoms with Gasteiger partial charge in [-0.1, -0.05) is 170 Å². The minimum absolute atomic E-state index is 0.628. The molecular formula is C49H32N4. The van der Waals surface area contributed by atoms with Gasteiger partial charge < -0.3 is 4.57 Å². The van der Waals surface area contributed by atoms with Gasteiger partial charge in [0, 0.05) is 33.0 Å². The van der Waals surface area contributed by atoms with Crippen molar-refractivity contribution in [2.24, 2.45) is 0 Å². The Labute approximate surface area is 307 Å². The van der Waals surface area contributed by atoms with Crippen LogP contribution in [0.2, 0.25) is 0 Å². The van der Waals surface area contributed by atoms with Gasteiger partial charge in [-0.3, -0.25) is 0 Å². The molecule has 4 nitrogen and oxygen atoms in total. The molecule has 0 aliphatic heterocycles. The lowest BCUT2D eigenvalue weighted by molar-refractivity contribution is 1.07. The third-order valence-electron chi connectivity index (χ3n) is 10.1. The second kappa shape index (κ2) is 12.9. The monoisotopic (exact) mass is 676 g/mol. The quantitative estimate of drug-likeness (QED) is 0.176. The summed E-state index contributed by atoms with van der Waals surface area (Å²) in [6, 6.07) is 68.1. The average Bonchev–Trinajstić information content (AvgIpc) is 3.59. The molecular weight excluding hydrogens is 645 g/mol. The summed E-state index contributed by atoms with van der Waals surface area (Å²) in [5.41, 5.74) is 10.8. The van der Waals surface area contributed by atoms with Crippen LogP contribution in [0.5, 0.6) is 0 Å². The van der Waals surface area contributed by atoms with Gasteiger partial charge in [0.2, 0.25) is 0 Å². The van der Waals surface area contributed by atoms with Crippen molar-refractivity contribution in [1.82, 2.24) is 19.5 Å². The third kappa shape index (κ3) is 5.45. The van der Waals surface area contributed by atoms with Crippen molar-refractivity contribution in [3.05, 3.63) is 194 Å². The Morgan fingerprint density at radius 2 is 0.849 bits per heavy atom. The smallest absolute Gasteiger partial charge is 0.164 e. The molecule has 0 atom stereocenters. The van der Waals surface area contributed by atoms with Gasteiger partial charge in [0.25, 0.3) is 0 Å². The zero-order chi connectivity index (χ0) is 35.1. The second-order valence-electron chi connectivity index (χ2n) is 13.2. The molecule has 0 aliphatic carbocycles. The number of fused-ring (bicyclic) bond motifs is 5. The Bertz CT molecular complexity index is 2930. The molecule has 2 aromatic heterocycles. The number of para-hydroxylation sites is 2. The van der Waals surface area contributed by atoms with E-state index >= 15 is 0 Å². The van der Waals surface area contributed by atoms with Gasteiger partial charge in [-0.2, -0.15) is 0 Å². The SMILES string of the molecule is c1ccc(-c2ccc(-c3nc(-c4ccccc4)nc(-c4cccc(-c5ccccc5-n5c6ccccc6c6c7ccccc7ccc65)c4)n3)cc2)cc1. The molecule has 8 aromatic carbocycles. The molecule has 10 rings (SSSR count). The van der Waals surface area contributed by atoms with Crippen LogP contribution in [0.15, 0.2) is 194 Å². The summed E-state index contributed by atoms with van der Waals surface area (Å²) < 4.78 is 2.41. The van der Waals surface area contributed by atoms with E-state index < -0.39 is 0 Å². The lowest BCUT2D eigenvalue weighted by atomic mass is 10.0. The molecule has 0 bridgehead atoms. The fourth-order valence-corrected chi connectivity index (χ4v) is 7.53. The summed E-state index contributed by atoms with van der Waals surface area (Å²) in [6.45, 7) is 0. The van der Waals surface area contributed by atoms with Crippen molar-refractivity contribution < 1.29 is 0 Å². The van der Waals surface area contributed by atoms with Crippen molar-refractivity contribution in [3.63, 3.8) is 0 Å². The Kier molecular flexibility index (Phi) is 7.43. The first kappa shape index (κ1) is 30.6. The van der Waals surface area contributed by atoms with Crippen LogP contribution in [0.4, 0.5) is 0 Å². The summed E-state index contributed by atoms with van der Waals surface area (Å²) in [5, 5.41) is 5.01. The van der Waals surface area contributed by atoms with Crippen molar-refractivity contribution >= 4 is 32.6 Å². The third-order valence-corrected chi connectivity index (χ3v) is 10.1. The number of hydrogen-bond acceptors (Lipinski definition) is 3. The van der Waals surface area contributed by atoms with Crippen molar-refractivity contribution in [1.29, 1.82) is 0 Å². The Morgan fingerprint density at radius 3 is 1.62 bits per heavy atom. The van der Waals surface area contributed by atoms with Crippen LogP contribution in [0.25, 0.3) is 94.7 Å². The minimum atomic E-state index is 0.628. The Hall–Kier alpha value is -7.17. The minimum Gasteiger partial charge on any atom is -0.309 e. The molecule has 0 unspecified atom stereocenters. The van der Waals surface area contributed by atoms with E-state index in [9.17, 15) is 0 Å². The highest BCUT2D eigenvalue weighted by Gasteiger charge is 2.18.